The van der Waals surface area contributed by atoms with Gasteiger partial charge in [-0.15, -0.1) is 0 Å². The zero-order valence-corrected chi connectivity index (χ0v) is 11.6. The molecule has 1 heterocycles. The predicted octanol–water partition coefficient (Wildman–Crippen LogP) is 1.23. The van der Waals surface area contributed by atoms with E-state index in [4.69, 9.17) is 4.74 Å². The van der Waals surface area contributed by atoms with Crippen LogP contribution in [-0.2, 0) is 6.61 Å². The molecule has 0 radical (unpaired) electrons. The van der Waals surface area contributed by atoms with Gasteiger partial charge < -0.3 is 0 Å². The van der Waals surface area contributed by atoms with E-state index < -0.39 is 0 Å². The minimum atomic E-state index is 0.526. The van der Waals surface area contributed by atoms with Gasteiger partial charge in [0.1, 0.15) is 0 Å². The third kappa shape index (κ3) is 2.86. The van der Waals surface area contributed by atoms with E-state index in [0.29, 0.717) is 6.61 Å². The first-order chi connectivity index (χ1) is 7.75. The summed E-state index contributed by atoms with van der Waals surface area (Å²) in [5.41, 5.74) is 2.12. The monoisotopic (exact) mass is 275 g/mol. The van der Waals surface area contributed by atoms with Crippen LogP contribution in [0.4, 0.5) is 0 Å². The third-order valence-electron chi connectivity index (χ3n) is 2.31. The molecule has 0 aliphatic rings. The van der Waals surface area contributed by atoms with Crippen molar-refractivity contribution in [2.24, 2.45) is 0 Å². The van der Waals surface area contributed by atoms with Crippen LogP contribution in [0.3, 0.4) is 0 Å². The molecule has 2 rings (SSSR count). The number of rotatable bonds is 3. The van der Waals surface area contributed by atoms with Gasteiger partial charge in [-0.25, -0.2) is 0 Å². The fraction of sp³-hybridized carbons (Fsp3) is 0.154. The third-order valence-corrected chi connectivity index (χ3v) is 3.07. The molecule has 1 unspecified atom stereocenters. The Hall–Kier alpha value is -1.27. The van der Waals surface area contributed by atoms with E-state index in [2.05, 4.69) is 30.1 Å². The van der Waals surface area contributed by atoms with Gasteiger partial charge in [0.25, 0.3) is 0 Å². The van der Waals surface area contributed by atoms with Crippen LogP contribution in [0.2, 0.25) is 0 Å². The number of benzene rings is 1. The number of aryl methyl sites for hydroxylation is 1. The van der Waals surface area contributed by atoms with E-state index in [0.717, 1.165) is 17.0 Å². The van der Waals surface area contributed by atoms with Crippen molar-refractivity contribution in [3.05, 3.63) is 53.9 Å². The number of nitrogens with zero attached hydrogens (tertiary/aromatic N) is 1. The van der Waals surface area contributed by atoms with Crippen molar-refractivity contribution < 1.29 is 4.74 Å². The summed E-state index contributed by atoms with van der Waals surface area (Å²) in [6.07, 6.45) is 1.78. The van der Waals surface area contributed by atoms with Gasteiger partial charge in [0.2, 0.25) is 0 Å². The molecule has 1 atom stereocenters. The van der Waals surface area contributed by atoms with E-state index in [1.807, 2.05) is 18.2 Å². The molecule has 0 bridgehead atoms. The average molecular weight is 275 g/mol. The van der Waals surface area contributed by atoms with Crippen molar-refractivity contribution in [1.29, 1.82) is 0 Å². The second kappa shape index (κ2) is 5.18. The molecule has 82 valence electrons. The van der Waals surface area contributed by atoms with Crippen LogP contribution in [0.5, 0.6) is 5.75 Å². The molecule has 0 amide bonds. The summed E-state index contributed by atoms with van der Waals surface area (Å²) in [4.78, 5) is 4.22. The first-order valence-corrected chi connectivity index (χ1v) is 6.35. The summed E-state index contributed by atoms with van der Waals surface area (Å²) in [5, 5.41) is 0. The summed E-state index contributed by atoms with van der Waals surface area (Å²) in [5.74, 6) is 0.951. The summed E-state index contributed by atoms with van der Waals surface area (Å²) < 4.78 is 7.02. The molecule has 0 spiro atoms. The molecule has 0 aliphatic heterocycles. The van der Waals surface area contributed by atoms with Crippen LogP contribution in [0.25, 0.3) is 0 Å². The predicted molar refractivity (Wildman–Crippen MR) is 67.9 cm³/mol. The van der Waals surface area contributed by atoms with Crippen LogP contribution in [-0.4, -0.2) is 21.8 Å². The molecule has 0 aliphatic carbocycles. The molecular weight excluding hydrogens is 261 g/mol. The van der Waals surface area contributed by atoms with Crippen molar-refractivity contribution in [3.8, 4) is 5.75 Å². The maximum atomic E-state index is 5.75. The Morgan fingerprint density at radius 1 is 1.25 bits per heavy atom. The van der Waals surface area contributed by atoms with E-state index in [-0.39, 0.29) is 0 Å². The van der Waals surface area contributed by atoms with Crippen molar-refractivity contribution in [2.75, 3.05) is 0 Å². The summed E-state index contributed by atoms with van der Waals surface area (Å²) in [7, 11) is 0. The Balaban J connectivity index is 2.08. The Kier molecular flexibility index (Phi) is 3.63. The van der Waals surface area contributed by atoms with Gasteiger partial charge in [-0.2, -0.15) is 0 Å². The number of pyridine rings is 1. The van der Waals surface area contributed by atoms with E-state index >= 15 is 0 Å². The van der Waals surface area contributed by atoms with Crippen LogP contribution in [0.1, 0.15) is 11.3 Å². The van der Waals surface area contributed by atoms with Crippen LogP contribution in [0.15, 0.2) is 42.6 Å². The second-order valence-corrected chi connectivity index (χ2v) is 5.03. The normalized spacial score (nSPS) is 10.1. The summed E-state index contributed by atoms with van der Waals surface area (Å²) >= 11 is 1.61. The maximum absolute atomic E-state index is 5.75. The van der Waals surface area contributed by atoms with Gasteiger partial charge >= 0.3 is 104 Å². The molecule has 1 aromatic heterocycles. The molecule has 0 saturated heterocycles. The van der Waals surface area contributed by atoms with Crippen molar-refractivity contribution in [3.63, 3.8) is 0 Å². The van der Waals surface area contributed by atoms with E-state index in [1.165, 1.54) is 4.35 Å². The zero-order valence-electron chi connectivity index (χ0n) is 9.18. The van der Waals surface area contributed by atoms with Crippen LogP contribution < -0.4 is 9.09 Å². The molecule has 0 fully saturated rings. The number of hydrogen-bond acceptors (Lipinski definition) is 2. The molecule has 0 N–H and O–H groups in total. The Bertz CT molecular complexity index is 471. The van der Waals surface area contributed by atoms with E-state index in [9.17, 15) is 0 Å². The van der Waals surface area contributed by atoms with Gasteiger partial charge in [0, 0.05) is 0 Å². The molecule has 3 heteroatoms. The van der Waals surface area contributed by atoms with Crippen LogP contribution in [0, 0.1) is 6.92 Å². The average Bonchev–Trinajstić information content (AvgIpc) is 2.32. The molecular formula is C13H14AsNO. The van der Waals surface area contributed by atoms with Gasteiger partial charge in [-0.1, -0.05) is 0 Å². The Morgan fingerprint density at radius 2 is 2.12 bits per heavy atom. The number of hydrogen-bond donors (Lipinski definition) is 0. The first kappa shape index (κ1) is 11.2. The summed E-state index contributed by atoms with van der Waals surface area (Å²) in [6, 6.07) is 12.1. The Morgan fingerprint density at radius 3 is 2.88 bits per heavy atom. The number of aromatic nitrogens is 1. The van der Waals surface area contributed by atoms with Crippen LogP contribution >= 0.6 is 0 Å². The molecule has 2 nitrogen and oxygen atoms in total. The minimum absolute atomic E-state index is 0.526. The number of ether oxygens (including phenoxy) is 1. The van der Waals surface area contributed by atoms with Crippen molar-refractivity contribution in [1.82, 2.24) is 4.98 Å². The van der Waals surface area contributed by atoms with E-state index in [1.54, 1.807) is 23.0 Å². The SMILES string of the molecule is Cc1ccc([AsH2])cc1OCc1ccccn1. The molecule has 0 saturated carbocycles. The van der Waals surface area contributed by atoms with Crippen molar-refractivity contribution >= 4 is 21.2 Å². The topological polar surface area (TPSA) is 22.1 Å². The fourth-order valence-electron chi connectivity index (χ4n) is 1.41. The quantitative estimate of drug-likeness (QED) is 0.786. The fourth-order valence-corrected chi connectivity index (χ4v) is 1.93. The Labute approximate surface area is 104 Å². The summed E-state index contributed by atoms with van der Waals surface area (Å²) in [6.45, 7) is 2.58. The van der Waals surface area contributed by atoms with Gasteiger partial charge in [-0.3, -0.25) is 0 Å². The molecule has 2 aromatic rings. The van der Waals surface area contributed by atoms with Gasteiger partial charge in [0.15, 0.2) is 0 Å². The standard InChI is InChI=1S/C13H14AsNO/c1-10-5-6-11(14)8-13(10)16-9-12-4-2-3-7-15-12/h2-8H,9,14H2,1H3. The van der Waals surface area contributed by atoms with Crippen molar-refractivity contribution in [2.45, 2.75) is 13.5 Å². The molecule has 1 aromatic carbocycles. The van der Waals surface area contributed by atoms with Gasteiger partial charge in [-0.05, 0) is 0 Å². The molecule has 16 heavy (non-hydrogen) atoms. The zero-order chi connectivity index (χ0) is 11.4. The second-order valence-electron chi connectivity index (χ2n) is 3.63. The first-order valence-electron chi connectivity index (χ1n) is 5.14. The van der Waals surface area contributed by atoms with Gasteiger partial charge in [0.05, 0.1) is 0 Å².